The standard InChI is InChI=1S/C28H40N10O/c1-3-4-5-9-30-27-26-24(32-28(29)33-27)8-11-37(26)21-23-7-6-22(19-25(23)39-2)20-36-15-13-35(14-16-36)17-18-38-12-10-31-34-38/h6-8,10-12,19H,3-5,9,13-18,20-21H2,1-2H3,(H3,29,30,32,33). The molecule has 11 nitrogen and oxygen atoms in total. The number of methoxy groups -OCH3 is 1. The van der Waals surface area contributed by atoms with Crippen LogP contribution >= 0.6 is 0 Å². The number of nitrogens with zero attached hydrogens (tertiary/aromatic N) is 8. The minimum atomic E-state index is 0.288. The Morgan fingerprint density at radius 2 is 1.82 bits per heavy atom. The van der Waals surface area contributed by atoms with Gasteiger partial charge in [0.25, 0.3) is 0 Å². The molecule has 208 valence electrons. The van der Waals surface area contributed by atoms with E-state index in [0.717, 1.165) is 86.9 Å². The Morgan fingerprint density at radius 1 is 0.974 bits per heavy atom. The van der Waals surface area contributed by atoms with E-state index in [1.165, 1.54) is 18.4 Å². The number of nitrogen functional groups attached to an aromatic ring is 1. The molecule has 0 bridgehead atoms. The molecule has 39 heavy (non-hydrogen) atoms. The maximum Gasteiger partial charge on any atom is 0.222 e. The molecule has 0 saturated carbocycles. The van der Waals surface area contributed by atoms with Crippen molar-refractivity contribution < 1.29 is 4.74 Å². The van der Waals surface area contributed by atoms with Crippen molar-refractivity contribution in [2.45, 2.75) is 45.8 Å². The third kappa shape index (κ3) is 6.85. The molecule has 4 aromatic rings. The van der Waals surface area contributed by atoms with Crippen molar-refractivity contribution in [2.24, 2.45) is 0 Å². The Hall–Kier alpha value is -3.70. The van der Waals surface area contributed by atoms with Gasteiger partial charge >= 0.3 is 0 Å². The molecule has 1 aliphatic heterocycles. The molecule has 0 unspecified atom stereocenters. The minimum absolute atomic E-state index is 0.288. The first kappa shape index (κ1) is 26.9. The SMILES string of the molecule is CCCCCNc1nc(N)nc2ccn(Cc3ccc(CN4CCN(CCn5ccnn5)CC4)cc3OC)c12. The maximum atomic E-state index is 5.99. The Labute approximate surface area is 230 Å². The summed E-state index contributed by atoms with van der Waals surface area (Å²) in [6, 6.07) is 8.58. The van der Waals surface area contributed by atoms with E-state index in [9.17, 15) is 0 Å². The molecule has 0 spiro atoms. The highest BCUT2D eigenvalue weighted by molar-refractivity contribution is 5.87. The van der Waals surface area contributed by atoms with Crippen LogP contribution in [0.25, 0.3) is 11.0 Å². The van der Waals surface area contributed by atoms with Crippen LogP contribution in [0.3, 0.4) is 0 Å². The van der Waals surface area contributed by atoms with Crippen LogP contribution in [-0.4, -0.2) is 85.7 Å². The highest BCUT2D eigenvalue weighted by Crippen LogP contribution is 2.27. The van der Waals surface area contributed by atoms with Crippen molar-refractivity contribution in [3.63, 3.8) is 0 Å². The van der Waals surface area contributed by atoms with Crippen LogP contribution in [0.4, 0.5) is 11.8 Å². The number of unbranched alkanes of at least 4 members (excludes halogenated alkanes) is 2. The van der Waals surface area contributed by atoms with Gasteiger partial charge in [-0.05, 0) is 24.1 Å². The van der Waals surface area contributed by atoms with Gasteiger partial charge in [-0.3, -0.25) is 14.5 Å². The number of anilines is 2. The predicted octanol–water partition coefficient (Wildman–Crippen LogP) is 3.08. The molecule has 11 heteroatoms. The number of nitrogens with two attached hydrogens (primary N) is 1. The molecular formula is C28H40N10O. The molecule has 0 atom stereocenters. The molecule has 3 aromatic heterocycles. The van der Waals surface area contributed by atoms with Gasteiger partial charge in [0.2, 0.25) is 5.95 Å². The summed E-state index contributed by atoms with van der Waals surface area (Å²) in [5.74, 6) is 1.97. The molecule has 1 aromatic carbocycles. The number of hydrogen-bond donors (Lipinski definition) is 2. The lowest BCUT2D eigenvalue weighted by Gasteiger charge is -2.34. The number of aromatic nitrogens is 6. The summed E-state index contributed by atoms with van der Waals surface area (Å²) < 4.78 is 9.91. The van der Waals surface area contributed by atoms with E-state index >= 15 is 0 Å². The van der Waals surface area contributed by atoms with E-state index in [0.29, 0.717) is 6.54 Å². The molecule has 4 heterocycles. The van der Waals surface area contributed by atoms with Gasteiger partial charge in [0.15, 0.2) is 5.82 Å². The summed E-state index contributed by atoms with van der Waals surface area (Å²) in [6.45, 7) is 10.7. The molecule has 1 aliphatic rings. The second-order valence-electron chi connectivity index (χ2n) is 10.2. The van der Waals surface area contributed by atoms with E-state index in [1.54, 1.807) is 13.3 Å². The van der Waals surface area contributed by atoms with E-state index < -0.39 is 0 Å². The Morgan fingerprint density at radius 3 is 2.59 bits per heavy atom. The first-order valence-corrected chi connectivity index (χ1v) is 13.9. The predicted molar refractivity (Wildman–Crippen MR) is 154 cm³/mol. The number of ether oxygens (including phenoxy) is 1. The van der Waals surface area contributed by atoms with E-state index in [-0.39, 0.29) is 5.95 Å². The second-order valence-corrected chi connectivity index (χ2v) is 10.2. The van der Waals surface area contributed by atoms with Crippen molar-refractivity contribution >= 4 is 22.8 Å². The van der Waals surface area contributed by atoms with Crippen molar-refractivity contribution in [2.75, 3.05) is 57.4 Å². The molecule has 0 radical (unpaired) electrons. The van der Waals surface area contributed by atoms with Crippen LogP contribution in [0.15, 0.2) is 42.9 Å². The van der Waals surface area contributed by atoms with Crippen molar-refractivity contribution in [3.05, 3.63) is 54.0 Å². The maximum absolute atomic E-state index is 5.99. The van der Waals surface area contributed by atoms with Gasteiger partial charge in [0.05, 0.1) is 31.9 Å². The van der Waals surface area contributed by atoms with Crippen molar-refractivity contribution in [1.82, 2.24) is 39.3 Å². The van der Waals surface area contributed by atoms with Gasteiger partial charge < -0.3 is 20.4 Å². The summed E-state index contributed by atoms with van der Waals surface area (Å²) in [4.78, 5) is 14.0. The fourth-order valence-electron chi connectivity index (χ4n) is 5.19. The van der Waals surface area contributed by atoms with Gasteiger partial charge in [-0.2, -0.15) is 4.98 Å². The van der Waals surface area contributed by atoms with Crippen LogP contribution in [-0.2, 0) is 19.6 Å². The van der Waals surface area contributed by atoms with Crippen molar-refractivity contribution in [1.29, 1.82) is 0 Å². The quantitative estimate of drug-likeness (QED) is 0.251. The molecular weight excluding hydrogens is 492 g/mol. The average molecular weight is 533 g/mol. The number of benzene rings is 1. The number of rotatable bonds is 13. The molecule has 5 rings (SSSR count). The summed E-state index contributed by atoms with van der Waals surface area (Å²) in [5, 5.41) is 11.4. The summed E-state index contributed by atoms with van der Waals surface area (Å²) in [7, 11) is 1.74. The molecule has 1 saturated heterocycles. The molecule has 0 aliphatic carbocycles. The first-order chi connectivity index (χ1) is 19.1. The zero-order chi connectivity index (χ0) is 27.0. The molecule has 0 amide bonds. The summed E-state index contributed by atoms with van der Waals surface area (Å²) in [5.41, 5.74) is 10.2. The van der Waals surface area contributed by atoms with Crippen LogP contribution < -0.4 is 15.8 Å². The Bertz CT molecular complexity index is 1330. The summed E-state index contributed by atoms with van der Waals surface area (Å²) in [6.07, 6.45) is 9.14. The fraction of sp³-hybridized carbons (Fsp3) is 0.500. The monoisotopic (exact) mass is 532 g/mol. The minimum Gasteiger partial charge on any atom is -0.496 e. The number of fused-ring (bicyclic) bond motifs is 1. The molecule has 1 fully saturated rings. The highest BCUT2D eigenvalue weighted by Gasteiger charge is 2.18. The van der Waals surface area contributed by atoms with Gasteiger partial charge in [0.1, 0.15) is 11.3 Å². The van der Waals surface area contributed by atoms with E-state index in [4.69, 9.17) is 10.5 Å². The molecule has 3 N–H and O–H groups in total. The second kappa shape index (κ2) is 12.9. The van der Waals surface area contributed by atoms with Gasteiger partial charge in [0, 0.05) is 63.8 Å². The zero-order valence-electron chi connectivity index (χ0n) is 23.1. The lowest BCUT2D eigenvalue weighted by atomic mass is 10.1. The van der Waals surface area contributed by atoms with E-state index in [1.807, 2.05) is 23.1 Å². The largest absolute Gasteiger partial charge is 0.496 e. The van der Waals surface area contributed by atoms with Crippen molar-refractivity contribution in [3.8, 4) is 5.75 Å². The Kier molecular flexibility index (Phi) is 8.89. The lowest BCUT2D eigenvalue weighted by molar-refractivity contribution is 0.123. The summed E-state index contributed by atoms with van der Waals surface area (Å²) >= 11 is 0. The highest BCUT2D eigenvalue weighted by atomic mass is 16.5. The van der Waals surface area contributed by atoms with Gasteiger partial charge in [-0.1, -0.05) is 37.1 Å². The van der Waals surface area contributed by atoms with Crippen LogP contribution in [0.1, 0.15) is 37.3 Å². The van der Waals surface area contributed by atoms with Crippen LogP contribution in [0, 0.1) is 0 Å². The average Bonchev–Trinajstić information content (AvgIpc) is 3.62. The number of hydrogen-bond acceptors (Lipinski definition) is 9. The normalized spacial score (nSPS) is 14.7. The number of piperazine rings is 1. The third-order valence-electron chi connectivity index (χ3n) is 7.38. The van der Waals surface area contributed by atoms with Gasteiger partial charge in [-0.15, -0.1) is 5.10 Å². The van der Waals surface area contributed by atoms with Gasteiger partial charge in [-0.25, -0.2) is 4.98 Å². The smallest absolute Gasteiger partial charge is 0.222 e. The number of nitrogens with one attached hydrogen (secondary N) is 1. The fourth-order valence-corrected chi connectivity index (χ4v) is 5.19. The van der Waals surface area contributed by atoms with Crippen LogP contribution in [0.2, 0.25) is 0 Å². The lowest BCUT2D eigenvalue weighted by Crippen LogP contribution is -2.46. The Balaban J connectivity index is 1.22. The van der Waals surface area contributed by atoms with Crippen LogP contribution in [0.5, 0.6) is 5.75 Å². The first-order valence-electron chi connectivity index (χ1n) is 13.9. The third-order valence-corrected chi connectivity index (χ3v) is 7.38. The topological polar surface area (TPSA) is 115 Å². The van der Waals surface area contributed by atoms with E-state index in [2.05, 4.69) is 65.1 Å². The zero-order valence-corrected chi connectivity index (χ0v) is 23.1.